The van der Waals surface area contributed by atoms with Crippen molar-refractivity contribution < 1.29 is 14.7 Å². The van der Waals surface area contributed by atoms with Gasteiger partial charge in [-0.05, 0) is 31.6 Å². The first-order valence-electron chi connectivity index (χ1n) is 7.74. The molecule has 2 amide bonds. The lowest BCUT2D eigenvalue weighted by Gasteiger charge is -2.31. The highest BCUT2D eigenvalue weighted by molar-refractivity contribution is 5.82. The highest BCUT2D eigenvalue weighted by Gasteiger charge is 2.31. The van der Waals surface area contributed by atoms with Gasteiger partial charge >= 0.3 is 12.0 Å². The van der Waals surface area contributed by atoms with Gasteiger partial charge in [-0.3, -0.25) is 0 Å². The van der Waals surface area contributed by atoms with Gasteiger partial charge in [0.1, 0.15) is 6.04 Å². The summed E-state index contributed by atoms with van der Waals surface area (Å²) in [4.78, 5) is 25.3. The number of aliphatic carboxylic acids is 1. The highest BCUT2D eigenvalue weighted by atomic mass is 16.4. The predicted octanol–water partition coefficient (Wildman–Crippen LogP) is 2.71. The number of nitrogens with one attached hydrogen (secondary N) is 1. The first-order valence-corrected chi connectivity index (χ1v) is 7.74. The summed E-state index contributed by atoms with van der Waals surface area (Å²) in [5.41, 5.74) is 0. The minimum Gasteiger partial charge on any atom is -0.480 e. The number of carbonyl (C=O) groups excluding carboxylic acids is 1. The molecule has 1 aliphatic rings. The summed E-state index contributed by atoms with van der Waals surface area (Å²) >= 11 is 0. The van der Waals surface area contributed by atoms with Gasteiger partial charge in [0.2, 0.25) is 0 Å². The third kappa shape index (κ3) is 5.02. The topological polar surface area (TPSA) is 69.6 Å². The number of hydrogen-bond donors (Lipinski definition) is 2. The van der Waals surface area contributed by atoms with Crippen LogP contribution in [0, 0.1) is 11.8 Å². The maximum Gasteiger partial charge on any atom is 0.326 e. The summed E-state index contributed by atoms with van der Waals surface area (Å²) in [6.07, 6.45) is 5.09. The molecule has 1 aliphatic carbocycles. The number of carbonyl (C=O) groups is 2. The summed E-state index contributed by atoms with van der Waals surface area (Å²) in [6.45, 7) is 7.26. The van der Waals surface area contributed by atoms with E-state index >= 15 is 0 Å². The van der Waals surface area contributed by atoms with Gasteiger partial charge in [-0.15, -0.1) is 0 Å². The maximum atomic E-state index is 12.2. The Hall–Kier alpha value is -1.26. The molecule has 0 aromatic rings. The van der Waals surface area contributed by atoms with E-state index in [0.717, 1.165) is 25.7 Å². The van der Waals surface area contributed by atoms with Crippen molar-refractivity contribution in [3.05, 3.63) is 0 Å². The molecule has 5 heteroatoms. The fourth-order valence-corrected chi connectivity index (χ4v) is 2.87. The Bertz CT molecular complexity index is 325. The van der Waals surface area contributed by atoms with E-state index in [1.165, 1.54) is 6.42 Å². The zero-order chi connectivity index (χ0) is 15.1. The van der Waals surface area contributed by atoms with Crippen LogP contribution in [-0.2, 0) is 4.79 Å². The molecule has 0 heterocycles. The van der Waals surface area contributed by atoms with Crippen molar-refractivity contribution in [2.45, 2.75) is 58.9 Å². The van der Waals surface area contributed by atoms with Crippen LogP contribution in [-0.4, -0.2) is 41.1 Å². The van der Waals surface area contributed by atoms with E-state index < -0.39 is 12.0 Å². The quantitative estimate of drug-likeness (QED) is 0.788. The van der Waals surface area contributed by atoms with Gasteiger partial charge in [-0.1, -0.05) is 33.1 Å². The van der Waals surface area contributed by atoms with Crippen LogP contribution in [0.1, 0.15) is 52.9 Å². The van der Waals surface area contributed by atoms with Crippen LogP contribution in [0.5, 0.6) is 0 Å². The molecule has 0 spiro atoms. The van der Waals surface area contributed by atoms with E-state index in [-0.39, 0.29) is 11.9 Å². The zero-order valence-electron chi connectivity index (χ0n) is 12.9. The summed E-state index contributed by atoms with van der Waals surface area (Å²) < 4.78 is 0. The zero-order valence-corrected chi connectivity index (χ0v) is 12.9. The Kier molecular flexibility index (Phi) is 6.82. The molecule has 2 N–H and O–H groups in total. The molecule has 0 bridgehead atoms. The second kappa shape index (κ2) is 8.12. The summed E-state index contributed by atoms with van der Waals surface area (Å²) in [7, 11) is 0. The molecule has 1 saturated carbocycles. The minimum absolute atomic E-state index is 0.0722. The third-order valence-corrected chi connectivity index (χ3v) is 3.92. The average molecular weight is 284 g/mol. The first-order chi connectivity index (χ1) is 9.45. The fourth-order valence-electron chi connectivity index (χ4n) is 2.87. The van der Waals surface area contributed by atoms with Crippen molar-refractivity contribution in [1.29, 1.82) is 0 Å². The van der Waals surface area contributed by atoms with Crippen LogP contribution in [0.4, 0.5) is 4.79 Å². The molecule has 0 aliphatic heterocycles. The minimum atomic E-state index is -0.911. The molecule has 0 saturated heterocycles. The van der Waals surface area contributed by atoms with Crippen LogP contribution in [0.15, 0.2) is 0 Å². The highest BCUT2D eigenvalue weighted by Crippen LogP contribution is 2.26. The number of carboxylic acid groups (broad SMARTS) is 1. The molecule has 116 valence electrons. The Labute approximate surface area is 121 Å². The van der Waals surface area contributed by atoms with Gasteiger partial charge in [0.05, 0.1) is 0 Å². The Morgan fingerprint density at radius 2 is 1.85 bits per heavy atom. The van der Waals surface area contributed by atoms with Crippen LogP contribution in [0.25, 0.3) is 0 Å². The monoisotopic (exact) mass is 284 g/mol. The number of nitrogens with zero attached hydrogens (tertiary/aromatic N) is 1. The molecule has 0 radical (unpaired) electrons. The molecular weight excluding hydrogens is 256 g/mol. The first kappa shape index (κ1) is 16.8. The second-order valence-electron chi connectivity index (χ2n) is 6.10. The summed E-state index contributed by atoms with van der Waals surface area (Å²) in [5.74, 6) is -0.465. The van der Waals surface area contributed by atoms with Crippen LogP contribution < -0.4 is 5.32 Å². The van der Waals surface area contributed by atoms with Gasteiger partial charge in [-0.25, -0.2) is 9.59 Å². The van der Waals surface area contributed by atoms with E-state index in [2.05, 4.69) is 5.32 Å². The fraction of sp³-hybridized carbons (Fsp3) is 0.867. The standard InChI is InChI=1S/C15H28N2O3/c1-4-17(10-11(2)3)15(20)16-13(14(18)19)12-8-6-5-7-9-12/h11-13H,4-10H2,1-3H3,(H,16,20)(H,18,19). The van der Waals surface area contributed by atoms with E-state index in [4.69, 9.17) is 0 Å². The van der Waals surface area contributed by atoms with Gasteiger partial charge in [0, 0.05) is 13.1 Å². The van der Waals surface area contributed by atoms with Crippen LogP contribution in [0.3, 0.4) is 0 Å². The number of hydrogen-bond acceptors (Lipinski definition) is 2. The van der Waals surface area contributed by atoms with E-state index in [0.29, 0.717) is 19.0 Å². The molecule has 1 atom stereocenters. The van der Waals surface area contributed by atoms with Crippen molar-refractivity contribution in [2.75, 3.05) is 13.1 Å². The van der Waals surface area contributed by atoms with Gasteiger partial charge < -0.3 is 15.3 Å². The molecule has 0 aromatic carbocycles. The molecule has 5 nitrogen and oxygen atoms in total. The van der Waals surface area contributed by atoms with E-state index in [1.807, 2.05) is 20.8 Å². The molecular formula is C15H28N2O3. The normalized spacial score (nSPS) is 17.8. The third-order valence-electron chi connectivity index (χ3n) is 3.92. The van der Waals surface area contributed by atoms with Crippen molar-refractivity contribution in [3.8, 4) is 0 Å². The predicted molar refractivity (Wildman–Crippen MR) is 78.6 cm³/mol. The van der Waals surface area contributed by atoms with Crippen LogP contribution in [0.2, 0.25) is 0 Å². The molecule has 0 aromatic heterocycles. The lowest BCUT2D eigenvalue weighted by Crippen LogP contribution is -2.52. The largest absolute Gasteiger partial charge is 0.480 e. The Morgan fingerprint density at radius 3 is 2.30 bits per heavy atom. The van der Waals surface area contributed by atoms with Gasteiger partial charge in [0.15, 0.2) is 0 Å². The second-order valence-corrected chi connectivity index (χ2v) is 6.10. The number of rotatable bonds is 6. The van der Waals surface area contributed by atoms with Crippen molar-refractivity contribution >= 4 is 12.0 Å². The molecule has 1 unspecified atom stereocenters. The Morgan fingerprint density at radius 1 is 1.25 bits per heavy atom. The lowest BCUT2D eigenvalue weighted by atomic mass is 9.84. The summed E-state index contributed by atoms with van der Waals surface area (Å²) in [5, 5.41) is 12.1. The van der Waals surface area contributed by atoms with Crippen LogP contribution >= 0.6 is 0 Å². The SMILES string of the molecule is CCN(CC(C)C)C(=O)NC(C(=O)O)C1CCCCC1. The van der Waals surface area contributed by atoms with Gasteiger partial charge in [-0.2, -0.15) is 0 Å². The number of carboxylic acids is 1. The maximum absolute atomic E-state index is 12.2. The van der Waals surface area contributed by atoms with E-state index in [9.17, 15) is 14.7 Å². The molecule has 1 rings (SSSR count). The van der Waals surface area contributed by atoms with Crippen molar-refractivity contribution in [2.24, 2.45) is 11.8 Å². The van der Waals surface area contributed by atoms with E-state index in [1.54, 1.807) is 4.90 Å². The Balaban J connectivity index is 2.63. The smallest absolute Gasteiger partial charge is 0.326 e. The van der Waals surface area contributed by atoms with Gasteiger partial charge in [0.25, 0.3) is 0 Å². The van der Waals surface area contributed by atoms with Crippen molar-refractivity contribution in [3.63, 3.8) is 0 Å². The number of urea groups is 1. The summed E-state index contributed by atoms with van der Waals surface area (Å²) in [6, 6.07) is -0.997. The average Bonchev–Trinajstić information content (AvgIpc) is 2.42. The molecule has 1 fully saturated rings. The lowest BCUT2D eigenvalue weighted by molar-refractivity contribution is -0.141. The molecule has 20 heavy (non-hydrogen) atoms. The van der Waals surface area contributed by atoms with Crippen molar-refractivity contribution in [1.82, 2.24) is 10.2 Å². The number of amides is 2.